The number of hydrogen-bond acceptors (Lipinski definition) is 3. The van der Waals surface area contributed by atoms with Gasteiger partial charge in [-0.25, -0.2) is 4.98 Å². The maximum atomic E-state index is 13.3. The van der Waals surface area contributed by atoms with Gasteiger partial charge in [-0.05, 0) is 44.1 Å². The molecule has 2 aromatic rings. The molecule has 27 heavy (non-hydrogen) atoms. The fourth-order valence-electron chi connectivity index (χ4n) is 3.60. The minimum atomic E-state index is -4.93. The highest BCUT2D eigenvalue weighted by atomic mass is 19.4. The number of benzene rings is 1. The van der Waals surface area contributed by atoms with Crippen LogP contribution in [0.3, 0.4) is 0 Å². The van der Waals surface area contributed by atoms with Crippen LogP contribution in [-0.2, 0) is 12.4 Å². The van der Waals surface area contributed by atoms with Gasteiger partial charge in [-0.3, -0.25) is 0 Å². The van der Waals surface area contributed by atoms with Gasteiger partial charge in [0.15, 0.2) is 0 Å². The first-order valence-electron chi connectivity index (χ1n) is 8.46. The molecule has 1 aromatic heterocycles. The summed E-state index contributed by atoms with van der Waals surface area (Å²) in [5, 5.41) is 10.7. The lowest BCUT2D eigenvalue weighted by Crippen LogP contribution is -2.40. The summed E-state index contributed by atoms with van der Waals surface area (Å²) >= 11 is 0. The number of aliphatic hydroxyl groups is 1. The molecule has 0 saturated carbocycles. The molecule has 0 radical (unpaired) electrons. The Morgan fingerprint density at radius 3 is 2.41 bits per heavy atom. The van der Waals surface area contributed by atoms with Crippen LogP contribution < -0.4 is 0 Å². The smallest absolute Gasteiger partial charge is 0.387 e. The van der Waals surface area contributed by atoms with Gasteiger partial charge in [-0.1, -0.05) is 18.6 Å². The topological polar surface area (TPSA) is 36.4 Å². The third-order valence-corrected chi connectivity index (χ3v) is 4.98. The molecule has 1 aliphatic heterocycles. The number of aromatic nitrogens is 1. The molecule has 2 atom stereocenters. The quantitative estimate of drug-likeness (QED) is 0.747. The molecule has 0 bridgehead atoms. The number of alkyl halides is 6. The molecule has 2 heterocycles. The van der Waals surface area contributed by atoms with Gasteiger partial charge in [0.1, 0.15) is 5.69 Å². The summed E-state index contributed by atoms with van der Waals surface area (Å²) in [5.74, 6) is 0. The predicted molar refractivity (Wildman–Crippen MR) is 87.0 cm³/mol. The van der Waals surface area contributed by atoms with Crippen molar-refractivity contribution in [3.05, 3.63) is 41.1 Å². The van der Waals surface area contributed by atoms with E-state index < -0.39 is 41.3 Å². The van der Waals surface area contributed by atoms with Gasteiger partial charge < -0.3 is 10.0 Å². The molecule has 0 unspecified atom stereocenters. The summed E-state index contributed by atoms with van der Waals surface area (Å²) in [4.78, 5) is 5.07. The standard InChI is InChI=1S/C18H18F6N2O/c1-26-8-3-2-7-13(26)16(27)11-9-14(18(22,23)24)25-15-10(11)5-4-6-12(15)17(19,20)21/h4-6,9,13,16,27H,2-3,7-8H2,1H3/t13-,16+/m0/s1. The largest absolute Gasteiger partial charge is 0.433 e. The van der Waals surface area contributed by atoms with Crippen LogP contribution in [0.1, 0.15) is 42.2 Å². The molecule has 1 aliphatic rings. The van der Waals surface area contributed by atoms with Crippen molar-refractivity contribution in [1.82, 2.24) is 9.88 Å². The Morgan fingerprint density at radius 1 is 1.11 bits per heavy atom. The van der Waals surface area contributed by atoms with Gasteiger partial charge in [-0.2, -0.15) is 26.3 Å². The number of likely N-dealkylation sites (tertiary alicyclic amines) is 1. The number of para-hydroxylation sites is 1. The lowest BCUT2D eigenvalue weighted by atomic mass is 9.90. The van der Waals surface area contributed by atoms with Gasteiger partial charge in [0.2, 0.25) is 0 Å². The Labute approximate surface area is 151 Å². The third kappa shape index (κ3) is 3.89. The SMILES string of the molecule is CN1CCCC[C@H]1[C@H](O)c1cc(C(F)(F)F)nc2c(C(F)(F)F)cccc12. The van der Waals surface area contributed by atoms with E-state index in [9.17, 15) is 31.4 Å². The zero-order chi connectivity index (χ0) is 20.0. The maximum Gasteiger partial charge on any atom is 0.433 e. The highest BCUT2D eigenvalue weighted by Crippen LogP contribution is 2.40. The summed E-state index contributed by atoms with van der Waals surface area (Å²) in [6, 6.07) is 3.26. The molecule has 1 N–H and O–H groups in total. The molecule has 0 amide bonds. The number of fused-ring (bicyclic) bond motifs is 1. The number of hydrogen-bond donors (Lipinski definition) is 1. The average Bonchev–Trinajstić information content (AvgIpc) is 2.58. The van der Waals surface area contributed by atoms with E-state index in [-0.39, 0.29) is 10.9 Å². The summed E-state index contributed by atoms with van der Waals surface area (Å²) in [5.41, 5.74) is -3.68. The Kier molecular flexibility index (Phi) is 5.11. The monoisotopic (exact) mass is 392 g/mol. The van der Waals surface area contributed by atoms with Crippen LogP contribution in [0.2, 0.25) is 0 Å². The Hall–Kier alpha value is -1.87. The van der Waals surface area contributed by atoms with Crippen molar-refractivity contribution in [2.45, 2.75) is 43.8 Å². The van der Waals surface area contributed by atoms with E-state index in [0.717, 1.165) is 18.9 Å². The molecule has 0 aliphatic carbocycles. The van der Waals surface area contributed by atoms with Crippen LogP contribution >= 0.6 is 0 Å². The minimum absolute atomic E-state index is 0.121. The Bertz CT molecular complexity index is 833. The summed E-state index contributed by atoms with van der Waals surface area (Å²) in [6.45, 7) is 0.657. The van der Waals surface area contributed by atoms with Crippen LogP contribution in [0.5, 0.6) is 0 Å². The van der Waals surface area contributed by atoms with Crippen molar-refractivity contribution in [3.8, 4) is 0 Å². The fourth-order valence-corrected chi connectivity index (χ4v) is 3.60. The highest BCUT2D eigenvalue weighted by Gasteiger charge is 2.39. The number of nitrogens with zero attached hydrogens (tertiary/aromatic N) is 2. The van der Waals surface area contributed by atoms with Gasteiger partial charge in [-0.15, -0.1) is 0 Å². The van der Waals surface area contributed by atoms with Crippen LogP contribution in [-0.4, -0.2) is 34.6 Å². The second-order valence-corrected chi connectivity index (χ2v) is 6.78. The van der Waals surface area contributed by atoms with E-state index in [0.29, 0.717) is 25.1 Å². The van der Waals surface area contributed by atoms with Gasteiger partial charge in [0.05, 0.1) is 17.2 Å². The van der Waals surface area contributed by atoms with Crippen molar-refractivity contribution < 1.29 is 31.4 Å². The van der Waals surface area contributed by atoms with Crippen molar-refractivity contribution in [1.29, 1.82) is 0 Å². The van der Waals surface area contributed by atoms with E-state index in [2.05, 4.69) is 4.98 Å². The van der Waals surface area contributed by atoms with Crippen LogP contribution in [0, 0.1) is 0 Å². The van der Waals surface area contributed by atoms with E-state index in [4.69, 9.17) is 0 Å². The van der Waals surface area contributed by atoms with Crippen LogP contribution in [0.4, 0.5) is 26.3 Å². The van der Waals surface area contributed by atoms with Gasteiger partial charge in [0.25, 0.3) is 0 Å². The second-order valence-electron chi connectivity index (χ2n) is 6.78. The zero-order valence-corrected chi connectivity index (χ0v) is 14.4. The van der Waals surface area contributed by atoms with E-state index >= 15 is 0 Å². The summed E-state index contributed by atoms with van der Waals surface area (Å²) in [7, 11) is 1.74. The molecule has 148 valence electrons. The fraction of sp³-hybridized carbons (Fsp3) is 0.500. The number of rotatable bonds is 2. The number of halogens is 6. The van der Waals surface area contributed by atoms with Crippen LogP contribution in [0.25, 0.3) is 10.9 Å². The minimum Gasteiger partial charge on any atom is -0.387 e. The van der Waals surface area contributed by atoms with Crippen molar-refractivity contribution >= 4 is 10.9 Å². The number of likely N-dealkylation sites (N-methyl/N-ethyl adjacent to an activating group) is 1. The highest BCUT2D eigenvalue weighted by molar-refractivity contribution is 5.86. The van der Waals surface area contributed by atoms with E-state index in [1.165, 1.54) is 6.07 Å². The number of pyridine rings is 1. The molecule has 1 saturated heterocycles. The first-order chi connectivity index (χ1) is 12.5. The molecular formula is C18H18F6N2O. The molecule has 1 fully saturated rings. The first kappa shape index (κ1) is 19.9. The van der Waals surface area contributed by atoms with Crippen LogP contribution in [0.15, 0.2) is 24.3 Å². The molecule has 3 nitrogen and oxygen atoms in total. The molecule has 0 spiro atoms. The first-order valence-corrected chi connectivity index (χ1v) is 8.46. The Morgan fingerprint density at radius 2 is 1.81 bits per heavy atom. The Balaban J connectivity index is 2.24. The normalized spacial score (nSPS) is 20.8. The average molecular weight is 392 g/mol. The summed E-state index contributed by atoms with van der Waals surface area (Å²) < 4.78 is 79.7. The lowest BCUT2D eigenvalue weighted by molar-refractivity contribution is -0.142. The van der Waals surface area contributed by atoms with E-state index in [1.54, 1.807) is 7.05 Å². The predicted octanol–water partition coefficient (Wildman–Crippen LogP) is 4.79. The molecule has 3 rings (SSSR count). The number of piperidine rings is 1. The second kappa shape index (κ2) is 6.94. The van der Waals surface area contributed by atoms with Gasteiger partial charge >= 0.3 is 12.4 Å². The summed E-state index contributed by atoms with van der Waals surface area (Å²) in [6.07, 6.45) is -8.93. The molecule has 9 heteroatoms. The zero-order valence-electron chi connectivity index (χ0n) is 14.4. The maximum absolute atomic E-state index is 13.3. The van der Waals surface area contributed by atoms with Gasteiger partial charge in [0, 0.05) is 11.4 Å². The van der Waals surface area contributed by atoms with Crippen molar-refractivity contribution in [2.75, 3.05) is 13.6 Å². The molecular weight excluding hydrogens is 374 g/mol. The number of aliphatic hydroxyl groups excluding tert-OH is 1. The molecule has 1 aromatic carbocycles. The van der Waals surface area contributed by atoms with Crippen molar-refractivity contribution in [3.63, 3.8) is 0 Å². The van der Waals surface area contributed by atoms with E-state index in [1.807, 2.05) is 4.90 Å². The lowest BCUT2D eigenvalue weighted by Gasteiger charge is -2.36. The third-order valence-electron chi connectivity index (χ3n) is 4.98. The van der Waals surface area contributed by atoms with Crippen molar-refractivity contribution in [2.24, 2.45) is 0 Å².